The fourth-order valence-corrected chi connectivity index (χ4v) is 3.82. The monoisotopic (exact) mass is 346 g/mol. The van der Waals surface area contributed by atoms with E-state index in [2.05, 4.69) is 15.2 Å². The van der Waals surface area contributed by atoms with Crippen molar-refractivity contribution >= 4 is 0 Å². The predicted octanol–water partition coefficient (Wildman–Crippen LogP) is 2.80. The predicted molar refractivity (Wildman–Crippen MR) is 90.0 cm³/mol. The van der Waals surface area contributed by atoms with Crippen LogP contribution in [0, 0.1) is 5.92 Å². The molecule has 25 heavy (non-hydrogen) atoms. The lowest BCUT2D eigenvalue weighted by Gasteiger charge is -2.28. The molecule has 0 saturated carbocycles. The molecular formula is C18H26N4O3. The molecule has 0 N–H and O–H groups in total. The number of aryl methyl sites for hydroxylation is 2. The van der Waals surface area contributed by atoms with Crippen molar-refractivity contribution in [2.75, 3.05) is 19.8 Å². The third kappa shape index (κ3) is 3.77. The first-order valence-corrected chi connectivity index (χ1v) is 9.30. The van der Waals surface area contributed by atoms with Crippen LogP contribution in [0.2, 0.25) is 0 Å². The van der Waals surface area contributed by atoms with Gasteiger partial charge in [-0.05, 0) is 38.0 Å². The van der Waals surface area contributed by atoms with Gasteiger partial charge >= 0.3 is 0 Å². The summed E-state index contributed by atoms with van der Waals surface area (Å²) in [6, 6.07) is 0. The molecule has 0 aliphatic carbocycles. The van der Waals surface area contributed by atoms with Crippen molar-refractivity contribution in [2.45, 2.75) is 50.5 Å². The second-order valence-corrected chi connectivity index (χ2v) is 7.06. The summed E-state index contributed by atoms with van der Waals surface area (Å²) >= 11 is 0. The van der Waals surface area contributed by atoms with Crippen LogP contribution in [0.25, 0.3) is 0 Å². The Hall–Kier alpha value is -1.73. The fraction of sp³-hybridized carbons (Fsp3) is 0.722. The zero-order valence-electron chi connectivity index (χ0n) is 14.8. The largest absolute Gasteiger partial charge is 0.425 e. The number of aromatic nitrogens is 4. The van der Waals surface area contributed by atoms with E-state index in [4.69, 9.17) is 13.9 Å². The number of hydrogen-bond donors (Lipinski definition) is 0. The zero-order valence-corrected chi connectivity index (χ0v) is 14.8. The van der Waals surface area contributed by atoms with E-state index in [1.54, 1.807) is 6.20 Å². The van der Waals surface area contributed by atoms with Gasteiger partial charge in [0.15, 0.2) is 0 Å². The van der Waals surface area contributed by atoms with Gasteiger partial charge in [0.1, 0.15) is 11.9 Å². The second kappa shape index (κ2) is 7.66. The number of ether oxygens (including phenoxy) is 2. The highest BCUT2D eigenvalue weighted by Gasteiger charge is 2.35. The van der Waals surface area contributed by atoms with Crippen molar-refractivity contribution in [2.24, 2.45) is 13.0 Å². The topological polar surface area (TPSA) is 75.2 Å². The van der Waals surface area contributed by atoms with Crippen molar-refractivity contribution < 1.29 is 13.9 Å². The van der Waals surface area contributed by atoms with Gasteiger partial charge in [-0.15, -0.1) is 10.2 Å². The Labute approximate surface area is 147 Å². The lowest BCUT2D eigenvalue weighted by Crippen LogP contribution is -2.24. The molecule has 0 amide bonds. The smallest absolute Gasteiger partial charge is 0.222 e. The zero-order chi connectivity index (χ0) is 17.1. The van der Waals surface area contributed by atoms with Gasteiger partial charge in [0.25, 0.3) is 0 Å². The van der Waals surface area contributed by atoms with Crippen molar-refractivity contribution in [3.8, 4) is 0 Å². The van der Waals surface area contributed by atoms with Gasteiger partial charge in [-0.25, -0.2) is 4.98 Å². The van der Waals surface area contributed by atoms with Gasteiger partial charge in [0.05, 0.1) is 5.92 Å². The van der Waals surface area contributed by atoms with Crippen LogP contribution in [0.3, 0.4) is 0 Å². The van der Waals surface area contributed by atoms with Gasteiger partial charge in [-0.1, -0.05) is 0 Å². The van der Waals surface area contributed by atoms with Crippen LogP contribution in [-0.4, -0.2) is 39.6 Å². The van der Waals surface area contributed by atoms with Crippen molar-refractivity contribution in [3.05, 3.63) is 30.0 Å². The minimum atomic E-state index is -0.113. The van der Waals surface area contributed by atoms with E-state index in [1.807, 2.05) is 17.8 Å². The molecule has 4 heterocycles. The van der Waals surface area contributed by atoms with Crippen LogP contribution in [-0.2, 0) is 22.9 Å². The van der Waals surface area contributed by atoms with Crippen LogP contribution in [0.4, 0.5) is 0 Å². The van der Waals surface area contributed by atoms with Crippen LogP contribution < -0.4 is 0 Å². The van der Waals surface area contributed by atoms with E-state index in [9.17, 15) is 0 Å². The number of imidazole rings is 1. The Morgan fingerprint density at radius 3 is 2.84 bits per heavy atom. The molecule has 0 radical (unpaired) electrons. The summed E-state index contributed by atoms with van der Waals surface area (Å²) in [6.07, 6.45) is 9.84. The molecule has 2 aliphatic rings. The van der Waals surface area contributed by atoms with Gasteiger partial charge in [0, 0.05) is 45.7 Å². The molecule has 2 aliphatic heterocycles. The number of hydrogen-bond acceptors (Lipinski definition) is 6. The maximum absolute atomic E-state index is 6.01. The van der Waals surface area contributed by atoms with E-state index in [1.165, 1.54) is 0 Å². The average molecular weight is 346 g/mol. The Bertz CT molecular complexity index is 677. The van der Waals surface area contributed by atoms with E-state index >= 15 is 0 Å². The summed E-state index contributed by atoms with van der Waals surface area (Å²) in [5, 5.41) is 8.62. The summed E-state index contributed by atoms with van der Waals surface area (Å²) in [6.45, 7) is 2.51. The molecule has 7 nitrogen and oxygen atoms in total. The first-order valence-electron chi connectivity index (χ1n) is 9.30. The average Bonchev–Trinajstić information content (AvgIpc) is 3.30. The van der Waals surface area contributed by atoms with Gasteiger partial charge in [-0.2, -0.15) is 0 Å². The first-order chi connectivity index (χ1) is 12.3. The molecule has 136 valence electrons. The Kier molecular flexibility index (Phi) is 5.12. The molecule has 4 rings (SSSR count). The number of nitrogens with zero attached hydrogens (tertiary/aromatic N) is 4. The molecule has 2 aromatic rings. The Balaban J connectivity index is 1.43. The molecule has 0 aromatic carbocycles. The summed E-state index contributed by atoms with van der Waals surface area (Å²) in [5.41, 5.74) is 0. The highest BCUT2D eigenvalue weighted by atomic mass is 16.5. The van der Waals surface area contributed by atoms with E-state index in [-0.39, 0.29) is 12.0 Å². The SMILES string of the molecule is Cn1ccnc1[C@@H]1OCCC[C@H]1c1nnc(CCC2CCOCC2)o1. The Morgan fingerprint density at radius 1 is 1.16 bits per heavy atom. The summed E-state index contributed by atoms with van der Waals surface area (Å²) in [7, 11) is 1.99. The molecule has 2 atom stereocenters. The van der Waals surface area contributed by atoms with E-state index in [0.717, 1.165) is 70.1 Å². The van der Waals surface area contributed by atoms with Crippen molar-refractivity contribution in [3.63, 3.8) is 0 Å². The number of rotatable bonds is 5. The summed E-state index contributed by atoms with van der Waals surface area (Å²) < 4.78 is 19.4. The van der Waals surface area contributed by atoms with Crippen LogP contribution in [0.15, 0.2) is 16.8 Å². The van der Waals surface area contributed by atoms with Crippen LogP contribution >= 0.6 is 0 Å². The Morgan fingerprint density at radius 2 is 2.04 bits per heavy atom. The minimum absolute atomic E-state index is 0.0826. The maximum atomic E-state index is 6.01. The second-order valence-electron chi connectivity index (χ2n) is 7.06. The van der Waals surface area contributed by atoms with E-state index < -0.39 is 0 Å². The lowest BCUT2D eigenvalue weighted by atomic mass is 9.93. The van der Waals surface area contributed by atoms with Crippen LogP contribution in [0.1, 0.15) is 61.7 Å². The highest BCUT2D eigenvalue weighted by Crippen LogP contribution is 2.39. The third-order valence-electron chi connectivity index (χ3n) is 5.34. The van der Waals surface area contributed by atoms with Gasteiger partial charge in [0.2, 0.25) is 11.8 Å². The maximum Gasteiger partial charge on any atom is 0.222 e. The molecule has 2 fully saturated rings. The van der Waals surface area contributed by atoms with Crippen molar-refractivity contribution in [1.29, 1.82) is 0 Å². The van der Waals surface area contributed by atoms with E-state index in [0.29, 0.717) is 11.8 Å². The van der Waals surface area contributed by atoms with Crippen molar-refractivity contribution in [1.82, 2.24) is 19.7 Å². The standard InChI is InChI=1S/C18H26N4O3/c1-22-9-8-19-17(22)16-14(3-2-10-24-16)18-21-20-15(25-18)5-4-13-6-11-23-12-7-13/h8-9,13-14,16H,2-7,10-12H2,1H3/t14-,16-/m1/s1. The molecule has 0 spiro atoms. The molecular weight excluding hydrogens is 320 g/mol. The quantitative estimate of drug-likeness (QED) is 0.829. The normalized spacial score (nSPS) is 25.3. The lowest BCUT2D eigenvalue weighted by molar-refractivity contribution is -0.0159. The van der Waals surface area contributed by atoms with Gasteiger partial charge < -0.3 is 18.5 Å². The van der Waals surface area contributed by atoms with Crippen LogP contribution in [0.5, 0.6) is 0 Å². The minimum Gasteiger partial charge on any atom is -0.425 e. The molecule has 0 unspecified atom stereocenters. The van der Waals surface area contributed by atoms with Gasteiger partial charge in [-0.3, -0.25) is 0 Å². The molecule has 0 bridgehead atoms. The summed E-state index contributed by atoms with van der Waals surface area (Å²) in [5.74, 6) is 3.15. The molecule has 2 aromatic heterocycles. The molecule has 2 saturated heterocycles. The fourth-order valence-electron chi connectivity index (χ4n) is 3.82. The summed E-state index contributed by atoms with van der Waals surface area (Å²) in [4.78, 5) is 4.46. The highest BCUT2D eigenvalue weighted by molar-refractivity contribution is 5.07. The molecule has 7 heteroatoms. The third-order valence-corrected chi connectivity index (χ3v) is 5.34. The first kappa shape index (κ1) is 16.7.